The van der Waals surface area contributed by atoms with Gasteiger partial charge in [0.15, 0.2) is 0 Å². The number of carbonyl (C=O) groups is 5. The highest BCUT2D eigenvalue weighted by Crippen LogP contribution is 2.19. The third-order valence-electron chi connectivity index (χ3n) is 5.53. The minimum atomic E-state index is -1.49. The summed E-state index contributed by atoms with van der Waals surface area (Å²) in [6.07, 6.45) is 2.95. The van der Waals surface area contributed by atoms with Gasteiger partial charge in [-0.15, -0.1) is 0 Å². The van der Waals surface area contributed by atoms with Gasteiger partial charge in [0, 0.05) is 23.5 Å². The van der Waals surface area contributed by atoms with Gasteiger partial charge in [-0.3, -0.25) is 19.2 Å². The normalized spacial score (nSPS) is 14.2. The number of benzene rings is 1. The number of hydrogen-bond acceptors (Lipinski definition) is 8. The van der Waals surface area contributed by atoms with Crippen molar-refractivity contribution in [2.75, 3.05) is 18.6 Å². The van der Waals surface area contributed by atoms with Crippen LogP contribution in [0.25, 0.3) is 10.9 Å². The van der Waals surface area contributed by atoms with Crippen LogP contribution in [0.15, 0.2) is 30.5 Å². The molecule has 10 N–H and O–H groups in total. The maximum Gasteiger partial charge on any atom is 0.326 e. The Hall–Kier alpha value is -3.62. The molecule has 13 nitrogen and oxygen atoms in total. The molecule has 4 amide bonds. The van der Waals surface area contributed by atoms with E-state index in [9.17, 15) is 34.2 Å². The minimum Gasteiger partial charge on any atom is -0.480 e. The fourth-order valence-corrected chi connectivity index (χ4v) is 4.01. The summed E-state index contributed by atoms with van der Waals surface area (Å²) in [6, 6.07) is 2.00. The van der Waals surface area contributed by atoms with Gasteiger partial charge in [-0.1, -0.05) is 18.2 Å². The Morgan fingerprint density at radius 3 is 2.24 bits per heavy atom. The zero-order valence-corrected chi connectivity index (χ0v) is 21.0. The highest BCUT2D eigenvalue weighted by molar-refractivity contribution is 7.98. The van der Waals surface area contributed by atoms with Crippen LogP contribution in [-0.2, 0) is 30.4 Å². The summed E-state index contributed by atoms with van der Waals surface area (Å²) in [5.41, 5.74) is 12.3. The molecule has 37 heavy (non-hydrogen) atoms. The molecule has 0 aliphatic carbocycles. The van der Waals surface area contributed by atoms with E-state index in [-0.39, 0.29) is 12.8 Å². The predicted octanol–water partition coefficient (Wildman–Crippen LogP) is -1.80. The van der Waals surface area contributed by atoms with Crippen molar-refractivity contribution in [3.05, 3.63) is 36.0 Å². The Bertz CT molecular complexity index is 1120. The molecular weight excluding hydrogens is 504 g/mol. The molecule has 0 saturated heterocycles. The number of thioether (sulfide) groups is 1. The van der Waals surface area contributed by atoms with Gasteiger partial charge >= 0.3 is 5.97 Å². The summed E-state index contributed by atoms with van der Waals surface area (Å²) >= 11 is 1.39. The summed E-state index contributed by atoms with van der Waals surface area (Å²) in [6.45, 7) is -0.660. The molecule has 1 heterocycles. The van der Waals surface area contributed by atoms with E-state index in [4.69, 9.17) is 11.5 Å². The lowest BCUT2D eigenvalue weighted by molar-refractivity contribution is -0.142. The summed E-state index contributed by atoms with van der Waals surface area (Å²) in [5, 5.41) is 26.6. The molecule has 0 saturated carbocycles. The first-order chi connectivity index (χ1) is 17.6. The lowest BCUT2D eigenvalue weighted by atomic mass is 10.0. The van der Waals surface area contributed by atoms with Crippen LogP contribution in [-0.4, -0.2) is 87.6 Å². The number of carboxylic acids is 1. The fraction of sp³-hybridized carbons (Fsp3) is 0.435. The Morgan fingerprint density at radius 1 is 1.00 bits per heavy atom. The molecule has 0 fully saturated rings. The molecule has 0 radical (unpaired) electrons. The smallest absolute Gasteiger partial charge is 0.326 e. The van der Waals surface area contributed by atoms with E-state index < -0.39 is 66.8 Å². The average Bonchev–Trinajstić information content (AvgIpc) is 3.27. The van der Waals surface area contributed by atoms with Crippen LogP contribution in [0.5, 0.6) is 0 Å². The van der Waals surface area contributed by atoms with Gasteiger partial charge in [0.2, 0.25) is 23.6 Å². The van der Waals surface area contributed by atoms with Crippen LogP contribution in [0.4, 0.5) is 0 Å². The number of amides is 4. The number of primary amides is 1. The van der Waals surface area contributed by atoms with Crippen LogP contribution < -0.4 is 27.4 Å². The van der Waals surface area contributed by atoms with Crippen molar-refractivity contribution in [3.63, 3.8) is 0 Å². The molecule has 0 aliphatic heterocycles. The van der Waals surface area contributed by atoms with Gasteiger partial charge < -0.3 is 42.6 Å². The number of rotatable bonds is 15. The predicted molar refractivity (Wildman–Crippen MR) is 137 cm³/mol. The van der Waals surface area contributed by atoms with Crippen molar-refractivity contribution in [2.24, 2.45) is 11.5 Å². The monoisotopic (exact) mass is 536 g/mol. The number of aliphatic hydroxyl groups is 1. The second kappa shape index (κ2) is 14.2. The molecule has 0 bridgehead atoms. The van der Waals surface area contributed by atoms with E-state index >= 15 is 0 Å². The zero-order valence-electron chi connectivity index (χ0n) is 20.2. The average molecular weight is 537 g/mol. The molecule has 0 spiro atoms. The van der Waals surface area contributed by atoms with Gasteiger partial charge in [-0.25, -0.2) is 4.79 Å². The highest BCUT2D eigenvalue weighted by Gasteiger charge is 2.31. The number of aromatic amines is 1. The number of para-hydroxylation sites is 1. The minimum absolute atomic E-state index is 0.0177. The van der Waals surface area contributed by atoms with Gasteiger partial charge in [0.25, 0.3) is 0 Å². The number of carbonyl (C=O) groups excluding carboxylic acids is 4. The molecule has 4 atom stereocenters. The fourth-order valence-electron chi connectivity index (χ4n) is 3.54. The quantitative estimate of drug-likeness (QED) is 0.128. The van der Waals surface area contributed by atoms with Crippen LogP contribution in [0.2, 0.25) is 0 Å². The van der Waals surface area contributed by atoms with Crippen LogP contribution in [0, 0.1) is 0 Å². The summed E-state index contributed by atoms with van der Waals surface area (Å²) in [5.74, 6) is -4.27. The Kier molecular flexibility index (Phi) is 11.4. The summed E-state index contributed by atoms with van der Waals surface area (Å²) < 4.78 is 0. The lowest BCUT2D eigenvalue weighted by Crippen LogP contribution is -2.58. The molecule has 14 heteroatoms. The van der Waals surface area contributed by atoms with Crippen LogP contribution >= 0.6 is 11.8 Å². The third kappa shape index (κ3) is 8.77. The topological polar surface area (TPSA) is 230 Å². The van der Waals surface area contributed by atoms with Crippen molar-refractivity contribution in [3.8, 4) is 0 Å². The number of aliphatic hydroxyl groups excluding tert-OH is 1. The summed E-state index contributed by atoms with van der Waals surface area (Å²) in [7, 11) is 0. The Labute approximate surface area is 217 Å². The second-order valence-corrected chi connectivity index (χ2v) is 9.31. The molecule has 1 aromatic carbocycles. The van der Waals surface area contributed by atoms with Gasteiger partial charge in [0.1, 0.15) is 24.2 Å². The van der Waals surface area contributed by atoms with E-state index in [1.54, 1.807) is 18.5 Å². The number of nitrogens with one attached hydrogen (secondary N) is 4. The van der Waals surface area contributed by atoms with Crippen molar-refractivity contribution in [1.82, 2.24) is 20.9 Å². The molecule has 202 valence electrons. The number of H-pyrrole nitrogens is 1. The third-order valence-corrected chi connectivity index (χ3v) is 6.17. The van der Waals surface area contributed by atoms with Crippen molar-refractivity contribution < 1.29 is 34.2 Å². The van der Waals surface area contributed by atoms with Crippen molar-refractivity contribution in [2.45, 2.75) is 43.4 Å². The maximum atomic E-state index is 13.2. The first-order valence-electron chi connectivity index (χ1n) is 11.4. The van der Waals surface area contributed by atoms with Gasteiger partial charge in [-0.2, -0.15) is 11.8 Å². The van der Waals surface area contributed by atoms with Crippen LogP contribution in [0.3, 0.4) is 0 Å². The molecule has 2 aromatic rings. The number of hydrogen-bond donors (Lipinski definition) is 8. The highest BCUT2D eigenvalue weighted by atomic mass is 32.2. The first-order valence-corrected chi connectivity index (χ1v) is 12.8. The number of aliphatic carboxylic acids is 1. The summed E-state index contributed by atoms with van der Waals surface area (Å²) in [4.78, 5) is 64.7. The molecule has 1 aromatic heterocycles. The van der Waals surface area contributed by atoms with Crippen molar-refractivity contribution >= 4 is 52.3 Å². The maximum absolute atomic E-state index is 13.2. The van der Waals surface area contributed by atoms with E-state index in [1.807, 2.05) is 18.2 Å². The number of nitrogens with two attached hydrogens (primary N) is 2. The second-order valence-electron chi connectivity index (χ2n) is 8.33. The Balaban J connectivity index is 2.27. The van der Waals surface area contributed by atoms with Gasteiger partial charge in [0.05, 0.1) is 13.0 Å². The van der Waals surface area contributed by atoms with E-state index in [0.717, 1.165) is 10.9 Å². The zero-order chi connectivity index (χ0) is 27.5. The van der Waals surface area contributed by atoms with Gasteiger partial charge in [-0.05, 0) is 30.1 Å². The Morgan fingerprint density at radius 2 is 1.62 bits per heavy atom. The standard InChI is InChI=1S/C23H32N6O7S/c1-37-7-6-16(23(35)36)27-22(34)18(9-19(25)31)29-21(33)17(28-20(32)14(24)11-30)8-12-10-26-15-5-3-2-4-13(12)15/h2-5,10,14,16-18,26,30H,6-9,11,24H2,1H3,(H2,25,31)(H,27,34)(H,28,32)(H,29,33)(H,35,36). The largest absolute Gasteiger partial charge is 0.480 e. The van der Waals surface area contributed by atoms with Crippen molar-refractivity contribution in [1.29, 1.82) is 0 Å². The van der Waals surface area contributed by atoms with Crippen LogP contribution in [0.1, 0.15) is 18.4 Å². The van der Waals surface area contributed by atoms with E-state index in [1.165, 1.54) is 11.8 Å². The molecular formula is C23H32N6O7S. The molecule has 4 unspecified atom stereocenters. The molecule has 2 rings (SSSR count). The lowest BCUT2D eigenvalue weighted by Gasteiger charge is -2.24. The van der Waals surface area contributed by atoms with E-state index in [2.05, 4.69) is 20.9 Å². The first kappa shape index (κ1) is 29.6. The number of fused-ring (bicyclic) bond motifs is 1. The SMILES string of the molecule is CSCCC(NC(=O)C(CC(N)=O)NC(=O)C(Cc1c[nH]c2ccccc12)NC(=O)C(N)CO)C(=O)O. The molecule has 0 aliphatic rings. The number of aromatic nitrogens is 1. The number of carboxylic acid groups (broad SMARTS) is 1. The van der Waals surface area contributed by atoms with E-state index in [0.29, 0.717) is 11.3 Å².